The summed E-state index contributed by atoms with van der Waals surface area (Å²) in [5, 5.41) is 5.42. The van der Waals surface area contributed by atoms with E-state index in [1.165, 1.54) is 5.56 Å². The quantitative estimate of drug-likeness (QED) is 0.843. The Morgan fingerprint density at radius 3 is 2.81 bits per heavy atom. The molecule has 0 atom stereocenters. The first-order valence-corrected chi connectivity index (χ1v) is 7.52. The van der Waals surface area contributed by atoms with E-state index in [0.717, 1.165) is 28.7 Å². The van der Waals surface area contributed by atoms with Crippen molar-refractivity contribution in [3.8, 4) is 0 Å². The van der Waals surface area contributed by atoms with Crippen LogP contribution in [0.3, 0.4) is 0 Å². The van der Waals surface area contributed by atoms with Crippen LogP contribution in [-0.4, -0.2) is 31.9 Å². The predicted octanol–water partition coefficient (Wildman–Crippen LogP) is 1.88. The minimum absolute atomic E-state index is 0.405. The molecule has 1 aromatic rings. The van der Waals surface area contributed by atoms with Gasteiger partial charge in [0.25, 0.3) is 0 Å². The number of hydrogen-bond donors (Lipinski definition) is 1. The summed E-state index contributed by atoms with van der Waals surface area (Å²) in [6, 6.07) is 10.3. The van der Waals surface area contributed by atoms with Gasteiger partial charge in [-0.05, 0) is 0 Å². The topological polar surface area (TPSA) is 36.8 Å². The number of rotatable bonds is 3. The third-order valence-electron chi connectivity index (χ3n) is 2.22. The molecule has 0 aliphatic carbocycles. The molecule has 0 unspecified atom stereocenters. The van der Waals surface area contributed by atoms with E-state index in [1.54, 1.807) is 0 Å². The molecule has 16 heavy (non-hydrogen) atoms. The number of hydrazone groups is 1. The van der Waals surface area contributed by atoms with E-state index in [4.69, 9.17) is 0 Å². The van der Waals surface area contributed by atoms with Gasteiger partial charge < -0.3 is 0 Å². The summed E-state index contributed by atoms with van der Waals surface area (Å²) in [5.41, 5.74) is 5.43. The van der Waals surface area contributed by atoms with Crippen LogP contribution < -0.4 is 5.43 Å². The molecule has 4 heteroatoms. The van der Waals surface area contributed by atoms with E-state index in [1.807, 2.05) is 18.2 Å². The summed E-state index contributed by atoms with van der Waals surface area (Å²) in [4.78, 5) is 4.46. The van der Waals surface area contributed by atoms with Gasteiger partial charge in [0.15, 0.2) is 0 Å². The molecule has 3 nitrogen and oxygen atoms in total. The van der Waals surface area contributed by atoms with Crippen LogP contribution in [0.1, 0.15) is 18.9 Å². The van der Waals surface area contributed by atoms with Gasteiger partial charge in [0.1, 0.15) is 0 Å². The number of nitrogens with zero attached hydrogens (tertiary/aromatic N) is 2. The summed E-state index contributed by atoms with van der Waals surface area (Å²) in [7, 11) is 0. The Balaban J connectivity index is 2.04. The molecule has 0 saturated carbocycles. The molecule has 0 fully saturated rings. The maximum absolute atomic E-state index is 4.46. The van der Waals surface area contributed by atoms with Crippen molar-refractivity contribution in [2.45, 2.75) is 18.7 Å². The summed E-state index contributed by atoms with van der Waals surface area (Å²) < 4.78 is 1.08. The average molecular weight is 280 g/mol. The van der Waals surface area contributed by atoms with E-state index >= 15 is 0 Å². The van der Waals surface area contributed by atoms with Crippen molar-refractivity contribution < 1.29 is 0 Å². The van der Waals surface area contributed by atoms with Gasteiger partial charge in [-0.1, -0.05) is 0 Å². The first-order chi connectivity index (χ1) is 7.90. The Morgan fingerprint density at radius 2 is 2.19 bits per heavy atom. The third-order valence-corrected chi connectivity index (χ3v) is 4.13. The fraction of sp³-hybridized carbons (Fsp3) is 0.333. The van der Waals surface area contributed by atoms with Gasteiger partial charge >= 0.3 is 102 Å². The number of benzene rings is 1. The molecule has 2 rings (SSSR count). The van der Waals surface area contributed by atoms with Crippen molar-refractivity contribution in [2.24, 2.45) is 10.1 Å². The fourth-order valence-electron chi connectivity index (χ4n) is 1.39. The van der Waals surface area contributed by atoms with E-state index < -0.39 is 0 Å². The average Bonchev–Trinajstić information content (AvgIpc) is 2.38. The number of hydrogen-bond acceptors (Lipinski definition) is 2. The van der Waals surface area contributed by atoms with Crippen molar-refractivity contribution in [1.82, 2.24) is 5.43 Å². The normalized spacial score (nSPS) is 18.1. The molecule has 0 spiro atoms. The summed E-state index contributed by atoms with van der Waals surface area (Å²) >= 11 is 0.405. The van der Waals surface area contributed by atoms with Gasteiger partial charge in [0.2, 0.25) is 0 Å². The molecule has 1 aromatic carbocycles. The van der Waals surface area contributed by atoms with Gasteiger partial charge in [-0.25, -0.2) is 0 Å². The van der Waals surface area contributed by atoms with Crippen LogP contribution in [0.5, 0.6) is 0 Å². The van der Waals surface area contributed by atoms with E-state index in [0.29, 0.717) is 15.0 Å². The van der Waals surface area contributed by atoms with Crippen LogP contribution in [0, 0.1) is 0 Å². The molecule has 1 N–H and O–H groups in total. The monoisotopic (exact) mass is 281 g/mol. The van der Waals surface area contributed by atoms with Gasteiger partial charge in [-0.2, -0.15) is 0 Å². The van der Waals surface area contributed by atoms with Crippen LogP contribution in [-0.2, 0) is 0 Å². The molecular formula is C12H15N3Se. The molecule has 84 valence electrons. The molecule has 0 bridgehead atoms. The fourth-order valence-corrected chi connectivity index (χ4v) is 3.06. The Labute approximate surface area is 102 Å². The zero-order chi connectivity index (χ0) is 11.2. The third kappa shape index (κ3) is 2.94. The summed E-state index contributed by atoms with van der Waals surface area (Å²) in [6.45, 7) is 3.04. The number of aliphatic imine (C=N–C) groups is 1. The Morgan fingerprint density at radius 1 is 1.38 bits per heavy atom. The Bertz CT molecular complexity index is 398. The van der Waals surface area contributed by atoms with Gasteiger partial charge in [0.05, 0.1) is 0 Å². The minimum atomic E-state index is 0.405. The Kier molecular flexibility index (Phi) is 4.14. The molecule has 0 saturated heterocycles. The van der Waals surface area contributed by atoms with Crippen LogP contribution >= 0.6 is 0 Å². The first-order valence-electron chi connectivity index (χ1n) is 5.45. The van der Waals surface area contributed by atoms with Crippen molar-refractivity contribution in [2.75, 3.05) is 6.54 Å². The van der Waals surface area contributed by atoms with E-state index in [2.05, 4.69) is 34.6 Å². The standard InChI is InChI=1S/C12H15N3Se/c1-2-8-13-12-15-14-11(9-16-12)10-6-4-3-5-7-10/h3-7H,2,8-9H2,1H3,(H,13,15). The first kappa shape index (κ1) is 11.4. The van der Waals surface area contributed by atoms with Crippen LogP contribution in [0.25, 0.3) is 0 Å². The number of amidine groups is 1. The van der Waals surface area contributed by atoms with Crippen LogP contribution in [0.4, 0.5) is 0 Å². The van der Waals surface area contributed by atoms with Gasteiger partial charge in [-0.3, -0.25) is 0 Å². The zero-order valence-electron chi connectivity index (χ0n) is 9.31. The second-order valence-electron chi connectivity index (χ2n) is 3.51. The van der Waals surface area contributed by atoms with E-state index in [-0.39, 0.29) is 0 Å². The van der Waals surface area contributed by atoms with Crippen LogP contribution in [0.2, 0.25) is 5.32 Å². The number of nitrogens with one attached hydrogen (secondary N) is 1. The second-order valence-corrected chi connectivity index (χ2v) is 5.53. The van der Waals surface area contributed by atoms with Crippen molar-refractivity contribution >= 4 is 25.4 Å². The van der Waals surface area contributed by atoms with Crippen molar-refractivity contribution in [3.63, 3.8) is 0 Å². The molecule has 0 amide bonds. The predicted molar refractivity (Wildman–Crippen MR) is 69.3 cm³/mol. The molecule has 1 aliphatic rings. The molecule has 0 aromatic heterocycles. The Hall–Kier alpha value is -1.12. The summed E-state index contributed by atoms with van der Waals surface area (Å²) in [5.74, 6) is 0. The SMILES string of the molecule is CCCN=C1NN=C(c2ccccc2)C[Se]1. The van der Waals surface area contributed by atoms with Gasteiger partial charge in [0, 0.05) is 0 Å². The van der Waals surface area contributed by atoms with Crippen molar-refractivity contribution in [3.05, 3.63) is 35.9 Å². The zero-order valence-corrected chi connectivity index (χ0v) is 11.0. The van der Waals surface area contributed by atoms with E-state index in [9.17, 15) is 0 Å². The van der Waals surface area contributed by atoms with Crippen molar-refractivity contribution in [1.29, 1.82) is 0 Å². The second kappa shape index (κ2) is 5.83. The maximum atomic E-state index is 4.46. The van der Waals surface area contributed by atoms with Gasteiger partial charge in [-0.15, -0.1) is 0 Å². The molecular weight excluding hydrogens is 265 g/mol. The molecule has 1 aliphatic heterocycles. The summed E-state index contributed by atoms with van der Waals surface area (Å²) in [6.07, 6.45) is 1.09. The van der Waals surface area contributed by atoms with Crippen LogP contribution in [0.15, 0.2) is 40.4 Å². The molecule has 0 radical (unpaired) electrons. The molecule has 1 heterocycles.